The number of rotatable bonds is 7. The van der Waals surface area contributed by atoms with Crippen molar-refractivity contribution in [3.8, 4) is 0 Å². The molecule has 0 aromatic rings. The fourth-order valence-electron chi connectivity index (χ4n) is 1.04. The molecule has 0 aliphatic carbocycles. The highest BCUT2D eigenvalue weighted by Crippen LogP contribution is 2.31. The third kappa shape index (κ3) is 4.42. The van der Waals surface area contributed by atoms with Crippen molar-refractivity contribution in [3.63, 3.8) is 0 Å². The first-order valence-corrected chi connectivity index (χ1v) is 5.12. The number of allylic oxidation sites excluding steroid dienone is 2. The summed E-state index contributed by atoms with van der Waals surface area (Å²) < 4.78 is 0. The summed E-state index contributed by atoms with van der Waals surface area (Å²) in [4.78, 5) is 17.9. The van der Waals surface area contributed by atoms with Gasteiger partial charge in [0.1, 0.15) is 5.60 Å². The Hall–Kier alpha value is -0.720. The van der Waals surface area contributed by atoms with Gasteiger partial charge in [0.05, 0.1) is 0 Å². The Morgan fingerprint density at radius 2 is 2.12 bits per heavy atom. The van der Waals surface area contributed by atoms with Crippen LogP contribution in [-0.4, -0.2) is 16.9 Å². The van der Waals surface area contributed by atoms with Gasteiger partial charge in [0.25, 0.3) is 0 Å². The van der Waals surface area contributed by atoms with Crippen LogP contribution in [-0.2, 0) is 19.6 Å². The van der Waals surface area contributed by atoms with Crippen molar-refractivity contribution in [2.75, 3.05) is 0 Å². The third-order valence-corrected chi connectivity index (χ3v) is 2.19. The summed E-state index contributed by atoms with van der Waals surface area (Å²) in [6, 6.07) is 0. The lowest BCUT2D eigenvalue weighted by Crippen LogP contribution is -2.29. The van der Waals surface area contributed by atoms with Crippen LogP contribution in [0.3, 0.4) is 0 Å². The second-order valence-electron chi connectivity index (χ2n) is 4.19. The summed E-state index contributed by atoms with van der Waals surface area (Å²) >= 11 is 0. The van der Waals surface area contributed by atoms with Gasteiger partial charge in [0.2, 0.25) is 0 Å². The van der Waals surface area contributed by atoms with Crippen molar-refractivity contribution >= 4 is 0 Å². The van der Waals surface area contributed by atoms with E-state index in [0.717, 1.165) is 6.42 Å². The highest BCUT2D eigenvalue weighted by molar-refractivity contribution is 4.98. The molecule has 92 valence electrons. The van der Waals surface area contributed by atoms with E-state index in [0.29, 0.717) is 6.42 Å². The van der Waals surface area contributed by atoms with E-state index in [-0.39, 0.29) is 0 Å². The van der Waals surface area contributed by atoms with E-state index in [2.05, 4.69) is 27.3 Å². The normalized spacial score (nSPS) is 21.0. The maximum atomic E-state index is 9.06. The topological polar surface area (TPSA) is 63.8 Å². The van der Waals surface area contributed by atoms with Gasteiger partial charge in [-0.1, -0.05) is 17.7 Å². The first-order chi connectivity index (χ1) is 7.39. The quantitative estimate of drug-likeness (QED) is 0.239. The minimum Gasteiger partial charge on any atom is -0.313 e. The number of aliphatic hydroxyl groups is 1. The molecule has 1 unspecified atom stereocenters. The van der Waals surface area contributed by atoms with Gasteiger partial charge in [-0.3, -0.25) is 0 Å². The predicted molar refractivity (Wildman–Crippen MR) is 56.6 cm³/mol. The predicted octanol–water partition coefficient (Wildman–Crippen LogP) is 2.19. The van der Waals surface area contributed by atoms with E-state index in [4.69, 9.17) is 9.99 Å². The number of hydrogen-bond donors (Lipinski definition) is 1. The monoisotopic (exact) mass is 230 g/mol. The molecule has 5 heteroatoms. The highest BCUT2D eigenvalue weighted by Gasteiger charge is 2.53. The molecule has 0 aromatic heterocycles. The molecule has 0 amide bonds. The molecule has 1 heterocycles. The first kappa shape index (κ1) is 13.3. The lowest BCUT2D eigenvalue weighted by molar-refractivity contribution is -0.454. The second kappa shape index (κ2) is 5.07. The fraction of sp³-hybridized carbons (Fsp3) is 0.636. The minimum atomic E-state index is -2.04. The lowest BCUT2D eigenvalue weighted by Gasteiger charge is -2.23. The summed E-state index contributed by atoms with van der Waals surface area (Å²) in [5.74, 6) is 0. The van der Waals surface area contributed by atoms with E-state index in [9.17, 15) is 0 Å². The molecule has 5 nitrogen and oxygen atoms in total. The Morgan fingerprint density at radius 1 is 1.50 bits per heavy atom. The summed E-state index contributed by atoms with van der Waals surface area (Å²) in [7, 11) is 0. The van der Waals surface area contributed by atoms with Crippen molar-refractivity contribution < 1.29 is 24.7 Å². The Balaban J connectivity index is 2.36. The molecular weight excluding hydrogens is 212 g/mol. The van der Waals surface area contributed by atoms with Crippen molar-refractivity contribution in [2.45, 2.75) is 45.4 Å². The van der Waals surface area contributed by atoms with E-state index in [1.54, 1.807) is 13.0 Å². The van der Waals surface area contributed by atoms with Gasteiger partial charge < -0.3 is 5.11 Å². The van der Waals surface area contributed by atoms with E-state index in [1.807, 2.05) is 13.8 Å². The molecule has 0 spiro atoms. The first-order valence-electron chi connectivity index (χ1n) is 5.12. The maximum absolute atomic E-state index is 9.06. The standard InChI is InChI=1S/C11H18O5/c1-5-10(4,8-6-7-9(2)3)13-14-11(12)15-16-11/h5,7,12H,1,6,8H2,2-4H3. The van der Waals surface area contributed by atoms with Crippen LogP contribution in [0.5, 0.6) is 0 Å². The SMILES string of the molecule is C=CC(C)(CCC=C(C)C)OOC1(O)OO1. The molecule has 1 rings (SSSR count). The molecular formula is C11H18O5. The van der Waals surface area contributed by atoms with Crippen LogP contribution in [0.4, 0.5) is 0 Å². The van der Waals surface area contributed by atoms with Crippen molar-refractivity contribution in [3.05, 3.63) is 24.3 Å². The Morgan fingerprint density at radius 3 is 2.56 bits per heavy atom. The lowest BCUT2D eigenvalue weighted by atomic mass is 10.00. The van der Waals surface area contributed by atoms with Gasteiger partial charge in [-0.2, -0.15) is 0 Å². The van der Waals surface area contributed by atoms with Crippen molar-refractivity contribution in [1.82, 2.24) is 0 Å². The summed E-state index contributed by atoms with van der Waals surface area (Å²) in [6.45, 7) is 9.51. The summed E-state index contributed by atoms with van der Waals surface area (Å²) in [5.41, 5.74) is 0.539. The van der Waals surface area contributed by atoms with Crippen LogP contribution >= 0.6 is 0 Å². The zero-order valence-electron chi connectivity index (χ0n) is 9.86. The van der Waals surface area contributed by atoms with Crippen LogP contribution in [0.1, 0.15) is 33.6 Å². The maximum Gasteiger partial charge on any atom is 0.491 e. The van der Waals surface area contributed by atoms with E-state index < -0.39 is 11.8 Å². The molecule has 0 aromatic carbocycles. The molecule has 1 N–H and O–H groups in total. The van der Waals surface area contributed by atoms with E-state index >= 15 is 0 Å². The van der Waals surface area contributed by atoms with Crippen LogP contribution in [0, 0.1) is 0 Å². The van der Waals surface area contributed by atoms with Gasteiger partial charge in [-0.05, 0) is 33.6 Å². The van der Waals surface area contributed by atoms with Gasteiger partial charge in [-0.15, -0.1) is 21.2 Å². The molecule has 0 saturated carbocycles. The van der Waals surface area contributed by atoms with E-state index in [1.165, 1.54) is 5.57 Å². The highest BCUT2D eigenvalue weighted by atomic mass is 17.5. The van der Waals surface area contributed by atoms with Crippen LogP contribution < -0.4 is 0 Å². The zero-order chi connectivity index (χ0) is 12.2. The smallest absolute Gasteiger partial charge is 0.313 e. The Bertz CT molecular complexity index is 278. The molecule has 1 saturated heterocycles. The minimum absolute atomic E-state index is 0.678. The fourth-order valence-corrected chi connectivity index (χ4v) is 1.04. The van der Waals surface area contributed by atoms with Crippen LogP contribution in [0.2, 0.25) is 0 Å². The zero-order valence-corrected chi connectivity index (χ0v) is 9.86. The average molecular weight is 230 g/mol. The second-order valence-corrected chi connectivity index (χ2v) is 4.19. The molecule has 1 fully saturated rings. The van der Waals surface area contributed by atoms with Gasteiger partial charge in [-0.25, -0.2) is 4.89 Å². The third-order valence-electron chi connectivity index (χ3n) is 2.19. The van der Waals surface area contributed by atoms with Gasteiger partial charge >= 0.3 is 6.16 Å². The molecule has 0 radical (unpaired) electrons. The largest absolute Gasteiger partial charge is 0.491 e. The summed E-state index contributed by atoms with van der Waals surface area (Å²) in [5, 5.41) is 9.06. The van der Waals surface area contributed by atoms with Crippen LogP contribution in [0.25, 0.3) is 0 Å². The Kier molecular flexibility index (Phi) is 4.23. The molecule has 1 atom stereocenters. The molecule has 1 aliphatic rings. The number of hydrogen-bond acceptors (Lipinski definition) is 5. The molecule has 16 heavy (non-hydrogen) atoms. The van der Waals surface area contributed by atoms with Crippen LogP contribution in [0.15, 0.2) is 24.3 Å². The summed E-state index contributed by atoms with van der Waals surface area (Å²) in [6.07, 6.45) is 3.16. The van der Waals surface area contributed by atoms with Gasteiger partial charge in [0, 0.05) is 0 Å². The molecule has 1 aliphatic heterocycles. The molecule has 0 bridgehead atoms. The average Bonchev–Trinajstić information content (AvgIpc) is 2.94. The Labute approximate surface area is 95.1 Å². The van der Waals surface area contributed by atoms with Crippen molar-refractivity contribution in [2.24, 2.45) is 0 Å². The van der Waals surface area contributed by atoms with Crippen molar-refractivity contribution in [1.29, 1.82) is 0 Å². The van der Waals surface area contributed by atoms with Gasteiger partial charge in [0.15, 0.2) is 0 Å².